The Balaban J connectivity index is 3.18. The normalized spacial score (nSPS) is 11.3. The highest BCUT2D eigenvalue weighted by Gasteiger charge is 2.28. The van der Waals surface area contributed by atoms with E-state index in [0.29, 0.717) is 13.1 Å². The minimum atomic E-state index is -1.04. The fraction of sp³-hybridized carbons (Fsp3) is 0.364. The first-order valence-corrected chi connectivity index (χ1v) is 4.81. The Morgan fingerprint density at radius 1 is 1.21 bits per heavy atom. The molecule has 1 aromatic carbocycles. The molecule has 0 saturated heterocycles. The highest BCUT2D eigenvalue weighted by Crippen LogP contribution is 2.21. The van der Waals surface area contributed by atoms with Gasteiger partial charge in [-0.25, -0.2) is 4.48 Å². The SMILES string of the molecule is CC[N+](CC)(C(=O)[O-])c1ccccc1. The summed E-state index contributed by atoms with van der Waals surface area (Å²) in [7, 11) is 0. The third kappa shape index (κ3) is 1.63. The van der Waals surface area contributed by atoms with Crippen molar-refractivity contribution in [3.63, 3.8) is 0 Å². The van der Waals surface area contributed by atoms with Crippen molar-refractivity contribution in [2.45, 2.75) is 13.8 Å². The number of carboxylic acid groups (broad SMARTS) is 1. The summed E-state index contributed by atoms with van der Waals surface area (Å²) < 4.78 is -0.110. The Morgan fingerprint density at radius 3 is 2.07 bits per heavy atom. The lowest BCUT2D eigenvalue weighted by Gasteiger charge is -2.35. The van der Waals surface area contributed by atoms with Crippen LogP contribution in [-0.2, 0) is 0 Å². The molecule has 0 aliphatic heterocycles. The van der Waals surface area contributed by atoms with Crippen molar-refractivity contribution < 1.29 is 9.90 Å². The molecule has 0 aliphatic rings. The van der Waals surface area contributed by atoms with Gasteiger partial charge in [-0.2, -0.15) is 0 Å². The molecule has 0 heterocycles. The van der Waals surface area contributed by atoms with Crippen LogP contribution in [0, 0.1) is 0 Å². The molecule has 0 saturated carbocycles. The second-order valence-electron chi connectivity index (χ2n) is 3.20. The number of quaternary nitrogens is 1. The van der Waals surface area contributed by atoms with Crippen LogP contribution >= 0.6 is 0 Å². The second kappa shape index (κ2) is 4.24. The molecule has 1 aromatic rings. The monoisotopic (exact) mass is 193 g/mol. The van der Waals surface area contributed by atoms with Gasteiger partial charge in [0, 0.05) is 0 Å². The van der Waals surface area contributed by atoms with Crippen LogP contribution in [0.15, 0.2) is 30.3 Å². The van der Waals surface area contributed by atoms with Gasteiger partial charge in [0.1, 0.15) is 5.69 Å². The van der Waals surface area contributed by atoms with E-state index in [0.717, 1.165) is 5.69 Å². The van der Waals surface area contributed by atoms with Crippen molar-refractivity contribution >= 4 is 11.8 Å². The smallest absolute Gasteiger partial charge is 0.262 e. The molecule has 0 radical (unpaired) electrons. The minimum Gasteiger partial charge on any atom is -0.498 e. The van der Waals surface area contributed by atoms with Gasteiger partial charge in [0.15, 0.2) is 0 Å². The lowest BCUT2D eigenvalue weighted by molar-refractivity contribution is -0.263. The summed E-state index contributed by atoms with van der Waals surface area (Å²) >= 11 is 0. The maximum absolute atomic E-state index is 11.1. The van der Waals surface area contributed by atoms with Crippen LogP contribution < -0.4 is 9.59 Å². The Kier molecular flexibility index (Phi) is 3.25. The first kappa shape index (κ1) is 10.7. The molecule has 0 aliphatic carbocycles. The minimum absolute atomic E-state index is 0.110. The molecular formula is C11H15NO2. The lowest BCUT2D eigenvalue weighted by Crippen LogP contribution is -2.59. The molecule has 3 heteroatoms. The van der Waals surface area contributed by atoms with Gasteiger partial charge in [-0.3, -0.25) is 0 Å². The predicted octanol–water partition coefficient (Wildman–Crippen LogP) is 1.38. The molecule has 3 nitrogen and oxygen atoms in total. The van der Waals surface area contributed by atoms with E-state index in [9.17, 15) is 9.90 Å². The number of carbonyl (C=O) groups excluding carboxylic acids is 1. The largest absolute Gasteiger partial charge is 0.498 e. The van der Waals surface area contributed by atoms with Gasteiger partial charge >= 0.3 is 0 Å². The molecule has 1 amide bonds. The second-order valence-corrected chi connectivity index (χ2v) is 3.20. The van der Waals surface area contributed by atoms with Gasteiger partial charge < -0.3 is 9.90 Å². The summed E-state index contributed by atoms with van der Waals surface area (Å²) in [4.78, 5) is 11.1. The number of carbonyl (C=O) groups is 1. The van der Waals surface area contributed by atoms with E-state index in [-0.39, 0.29) is 4.48 Å². The Morgan fingerprint density at radius 2 is 1.71 bits per heavy atom. The van der Waals surface area contributed by atoms with E-state index in [2.05, 4.69) is 0 Å². The first-order chi connectivity index (χ1) is 6.67. The fourth-order valence-electron chi connectivity index (χ4n) is 1.67. The molecule has 0 N–H and O–H groups in total. The third-order valence-electron chi connectivity index (χ3n) is 2.68. The highest BCUT2D eigenvalue weighted by molar-refractivity contribution is 5.78. The van der Waals surface area contributed by atoms with E-state index in [1.807, 2.05) is 44.2 Å². The summed E-state index contributed by atoms with van der Waals surface area (Å²) in [6, 6.07) is 9.21. The summed E-state index contributed by atoms with van der Waals surface area (Å²) in [5.41, 5.74) is 0.775. The Bertz CT molecular complexity index is 304. The summed E-state index contributed by atoms with van der Waals surface area (Å²) in [5.74, 6) is 0. The van der Waals surface area contributed by atoms with Crippen LogP contribution in [0.3, 0.4) is 0 Å². The van der Waals surface area contributed by atoms with E-state index in [1.54, 1.807) is 0 Å². The molecule has 14 heavy (non-hydrogen) atoms. The fourth-order valence-corrected chi connectivity index (χ4v) is 1.67. The number of rotatable bonds is 3. The first-order valence-electron chi connectivity index (χ1n) is 4.81. The van der Waals surface area contributed by atoms with Crippen LogP contribution in [0.2, 0.25) is 0 Å². The van der Waals surface area contributed by atoms with Crippen LogP contribution in [-0.4, -0.2) is 19.2 Å². The number of hydrogen-bond acceptors (Lipinski definition) is 2. The number of nitrogens with zero attached hydrogens (tertiary/aromatic N) is 1. The van der Waals surface area contributed by atoms with Gasteiger partial charge in [0.25, 0.3) is 6.09 Å². The average molecular weight is 193 g/mol. The number of hydrogen-bond donors (Lipinski definition) is 0. The molecular weight excluding hydrogens is 178 g/mol. The molecule has 0 aromatic heterocycles. The molecule has 0 unspecified atom stereocenters. The number of para-hydroxylation sites is 1. The van der Waals surface area contributed by atoms with Gasteiger partial charge in [0.05, 0.1) is 13.1 Å². The van der Waals surface area contributed by atoms with Crippen LogP contribution in [0.1, 0.15) is 13.8 Å². The summed E-state index contributed by atoms with van der Waals surface area (Å²) in [5, 5.41) is 11.1. The van der Waals surface area contributed by atoms with Crippen LogP contribution in [0.25, 0.3) is 0 Å². The van der Waals surface area contributed by atoms with Gasteiger partial charge in [0.2, 0.25) is 0 Å². The molecule has 0 spiro atoms. The van der Waals surface area contributed by atoms with Crippen LogP contribution in [0.4, 0.5) is 10.5 Å². The highest BCUT2D eigenvalue weighted by atomic mass is 16.4. The number of benzene rings is 1. The molecule has 0 bridgehead atoms. The van der Waals surface area contributed by atoms with Gasteiger partial charge in [-0.05, 0) is 26.0 Å². The van der Waals surface area contributed by atoms with Crippen molar-refractivity contribution in [1.82, 2.24) is 4.48 Å². The van der Waals surface area contributed by atoms with E-state index >= 15 is 0 Å². The topological polar surface area (TPSA) is 40.1 Å². The predicted molar refractivity (Wildman–Crippen MR) is 54.7 cm³/mol. The molecule has 76 valence electrons. The lowest BCUT2D eigenvalue weighted by atomic mass is 10.2. The van der Waals surface area contributed by atoms with E-state index in [4.69, 9.17) is 0 Å². The maximum Gasteiger partial charge on any atom is 0.262 e. The summed E-state index contributed by atoms with van der Waals surface area (Å²) in [6.07, 6.45) is -1.04. The van der Waals surface area contributed by atoms with E-state index in [1.165, 1.54) is 0 Å². The zero-order chi connectivity index (χ0) is 10.6. The third-order valence-corrected chi connectivity index (χ3v) is 2.68. The number of amides is 1. The average Bonchev–Trinajstić information content (AvgIpc) is 2.22. The van der Waals surface area contributed by atoms with E-state index < -0.39 is 6.09 Å². The van der Waals surface area contributed by atoms with Gasteiger partial charge in [-0.1, -0.05) is 18.2 Å². The van der Waals surface area contributed by atoms with Crippen molar-refractivity contribution in [3.8, 4) is 0 Å². The standard InChI is InChI=1S/C11H15NO2/c1-3-12(4-2,11(13)14)10-8-6-5-7-9-10/h5-9H,3-4H2,1-2H3. The molecule has 1 rings (SSSR count). The van der Waals surface area contributed by atoms with Gasteiger partial charge in [-0.15, -0.1) is 0 Å². The maximum atomic E-state index is 11.1. The Hall–Kier alpha value is -1.35. The van der Waals surface area contributed by atoms with Crippen molar-refractivity contribution in [2.24, 2.45) is 0 Å². The quantitative estimate of drug-likeness (QED) is 0.680. The summed E-state index contributed by atoms with van der Waals surface area (Å²) in [6.45, 7) is 4.71. The van der Waals surface area contributed by atoms with Crippen LogP contribution in [0.5, 0.6) is 0 Å². The molecule has 0 atom stereocenters. The molecule has 0 fully saturated rings. The zero-order valence-corrected chi connectivity index (χ0v) is 8.56. The van der Waals surface area contributed by atoms with Crippen molar-refractivity contribution in [2.75, 3.05) is 13.1 Å². The Labute approximate surface area is 84.2 Å². The van der Waals surface area contributed by atoms with Crippen molar-refractivity contribution in [1.29, 1.82) is 0 Å². The van der Waals surface area contributed by atoms with Crippen molar-refractivity contribution in [3.05, 3.63) is 30.3 Å². The zero-order valence-electron chi connectivity index (χ0n) is 8.56.